The summed E-state index contributed by atoms with van der Waals surface area (Å²) < 4.78 is 5.06. The van der Waals surface area contributed by atoms with Crippen LogP contribution in [0.2, 0.25) is 0 Å². The van der Waals surface area contributed by atoms with Gasteiger partial charge in [-0.05, 0) is 67.1 Å². The summed E-state index contributed by atoms with van der Waals surface area (Å²) in [5, 5.41) is 3.07. The molecule has 0 saturated heterocycles. The van der Waals surface area contributed by atoms with Crippen molar-refractivity contribution >= 4 is 11.9 Å². The third-order valence-electron chi connectivity index (χ3n) is 5.01. The minimum Gasteiger partial charge on any atom is -0.466 e. The number of amides is 1. The van der Waals surface area contributed by atoms with Crippen LogP contribution in [0.1, 0.15) is 58.9 Å². The fourth-order valence-electron chi connectivity index (χ4n) is 3.46. The maximum atomic E-state index is 12.6. The van der Waals surface area contributed by atoms with Crippen molar-refractivity contribution in [2.75, 3.05) is 6.61 Å². The van der Waals surface area contributed by atoms with Crippen molar-refractivity contribution in [1.29, 1.82) is 0 Å². The zero-order valence-electron chi connectivity index (χ0n) is 18.0. The Morgan fingerprint density at radius 3 is 2.48 bits per heavy atom. The molecule has 1 atom stereocenters. The number of ether oxygens (including phenoxy) is 1. The Morgan fingerprint density at radius 1 is 1.00 bits per heavy atom. The summed E-state index contributed by atoms with van der Waals surface area (Å²) in [6, 6.07) is 19.2. The number of esters is 1. The van der Waals surface area contributed by atoms with Crippen LogP contribution in [-0.4, -0.2) is 23.5 Å². The van der Waals surface area contributed by atoms with Crippen LogP contribution in [-0.2, 0) is 22.4 Å². The van der Waals surface area contributed by atoms with Crippen LogP contribution in [0.3, 0.4) is 0 Å². The summed E-state index contributed by atoms with van der Waals surface area (Å²) in [5.41, 5.74) is 4.90. The van der Waals surface area contributed by atoms with Crippen molar-refractivity contribution in [1.82, 2.24) is 10.3 Å². The molecule has 1 amide bonds. The summed E-state index contributed by atoms with van der Waals surface area (Å²) >= 11 is 0. The fourth-order valence-corrected chi connectivity index (χ4v) is 3.46. The molecule has 5 heteroatoms. The minimum atomic E-state index is -0.202. The number of aromatic nitrogens is 1. The molecule has 0 fully saturated rings. The highest BCUT2D eigenvalue weighted by molar-refractivity contribution is 5.94. The van der Waals surface area contributed by atoms with Gasteiger partial charge >= 0.3 is 5.97 Å². The predicted octanol–water partition coefficient (Wildman–Crippen LogP) is 4.66. The first-order chi connectivity index (χ1) is 15.0. The fraction of sp³-hybridized carbons (Fsp3) is 0.269. The molecule has 1 N–H and O–H groups in total. The van der Waals surface area contributed by atoms with Gasteiger partial charge in [-0.1, -0.05) is 42.5 Å². The third kappa shape index (κ3) is 6.78. The largest absolute Gasteiger partial charge is 0.466 e. The number of nitrogens with one attached hydrogen (secondary N) is 1. The van der Waals surface area contributed by atoms with Gasteiger partial charge in [0.15, 0.2) is 0 Å². The molecule has 0 spiro atoms. The van der Waals surface area contributed by atoms with E-state index in [1.165, 1.54) is 0 Å². The molecule has 0 saturated carbocycles. The van der Waals surface area contributed by atoms with Gasteiger partial charge in [0.1, 0.15) is 0 Å². The Labute approximate surface area is 183 Å². The Morgan fingerprint density at radius 2 is 1.77 bits per heavy atom. The van der Waals surface area contributed by atoms with Crippen LogP contribution in [0.4, 0.5) is 0 Å². The molecular formula is C26H28N2O3. The van der Waals surface area contributed by atoms with Crippen LogP contribution in [0.5, 0.6) is 0 Å². The maximum Gasteiger partial charge on any atom is 0.306 e. The van der Waals surface area contributed by atoms with Crippen LogP contribution in [0, 0.1) is 0 Å². The highest BCUT2D eigenvalue weighted by Gasteiger charge is 2.14. The quantitative estimate of drug-likeness (QED) is 0.515. The van der Waals surface area contributed by atoms with Crippen LogP contribution < -0.4 is 5.32 Å². The normalized spacial score (nSPS) is 11.5. The van der Waals surface area contributed by atoms with Gasteiger partial charge in [0.2, 0.25) is 0 Å². The number of benzene rings is 2. The summed E-state index contributed by atoms with van der Waals surface area (Å²) in [6.07, 6.45) is 5.26. The lowest BCUT2D eigenvalue weighted by Gasteiger charge is -2.17. The van der Waals surface area contributed by atoms with E-state index >= 15 is 0 Å². The highest BCUT2D eigenvalue weighted by Crippen LogP contribution is 2.21. The topological polar surface area (TPSA) is 68.3 Å². The zero-order chi connectivity index (χ0) is 22.1. The summed E-state index contributed by atoms with van der Waals surface area (Å²) in [5.74, 6) is -0.314. The molecule has 0 aliphatic rings. The lowest BCUT2D eigenvalue weighted by molar-refractivity contribution is -0.143. The van der Waals surface area contributed by atoms with Crippen molar-refractivity contribution < 1.29 is 14.3 Å². The van der Waals surface area contributed by atoms with E-state index in [0.29, 0.717) is 25.0 Å². The standard InChI is InChI=1S/C26H28N2O3/c1-3-31-25(29)12-11-20-14-22(15-21-8-7-13-27-18-21)17-24(16-20)19(2)28-26(30)23-9-5-4-6-10-23/h4-10,13-14,16-19H,3,11-12,15H2,1-2H3,(H,28,30). The molecule has 1 unspecified atom stereocenters. The van der Waals surface area contributed by atoms with Gasteiger partial charge in [-0.25, -0.2) is 0 Å². The number of rotatable bonds is 9. The van der Waals surface area contributed by atoms with Gasteiger partial charge in [-0.3, -0.25) is 14.6 Å². The number of hydrogen-bond acceptors (Lipinski definition) is 4. The van der Waals surface area contributed by atoms with Gasteiger partial charge in [-0.2, -0.15) is 0 Å². The molecule has 3 rings (SSSR count). The minimum absolute atomic E-state index is 0.112. The number of hydrogen-bond donors (Lipinski definition) is 1. The molecule has 3 aromatic rings. The number of aryl methyl sites for hydroxylation is 1. The number of nitrogens with zero attached hydrogens (tertiary/aromatic N) is 1. The number of carbonyl (C=O) groups is 2. The highest BCUT2D eigenvalue weighted by atomic mass is 16.5. The average molecular weight is 417 g/mol. The second-order valence-corrected chi connectivity index (χ2v) is 7.49. The van der Waals surface area contributed by atoms with Crippen LogP contribution in [0.15, 0.2) is 73.1 Å². The second kappa shape index (κ2) is 11.1. The van der Waals surface area contributed by atoms with Gasteiger partial charge in [0, 0.05) is 24.4 Å². The van der Waals surface area contributed by atoms with Crippen molar-refractivity contribution in [3.8, 4) is 0 Å². The van der Waals surface area contributed by atoms with E-state index in [0.717, 1.165) is 28.7 Å². The van der Waals surface area contributed by atoms with E-state index < -0.39 is 0 Å². The predicted molar refractivity (Wildman–Crippen MR) is 121 cm³/mol. The van der Waals surface area contributed by atoms with Gasteiger partial charge in [0.05, 0.1) is 12.6 Å². The van der Waals surface area contributed by atoms with Crippen molar-refractivity contribution in [2.24, 2.45) is 0 Å². The zero-order valence-corrected chi connectivity index (χ0v) is 18.0. The third-order valence-corrected chi connectivity index (χ3v) is 5.01. The summed E-state index contributed by atoms with van der Waals surface area (Å²) in [6.45, 7) is 4.16. The molecule has 0 radical (unpaired) electrons. The van der Waals surface area contributed by atoms with Gasteiger partial charge < -0.3 is 10.1 Å². The first-order valence-electron chi connectivity index (χ1n) is 10.6. The number of pyridine rings is 1. The molecule has 0 aliphatic heterocycles. The second-order valence-electron chi connectivity index (χ2n) is 7.49. The molecule has 1 aromatic heterocycles. The van der Waals surface area contributed by atoms with Crippen LogP contribution >= 0.6 is 0 Å². The lowest BCUT2D eigenvalue weighted by Crippen LogP contribution is -2.26. The van der Waals surface area contributed by atoms with E-state index in [2.05, 4.69) is 28.5 Å². The molecule has 2 aromatic carbocycles. The molecular weight excluding hydrogens is 388 g/mol. The molecule has 0 bridgehead atoms. The molecule has 31 heavy (non-hydrogen) atoms. The van der Waals surface area contributed by atoms with E-state index in [9.17, 15) is 9.59 Å². The maximum absolute atomic E-state index is 12.6. The van der Waals surface area contributed by atoms with Gasteiger partial charge in [-0.15, -0.1) is 0 Å². The van der Waals surface area contributed by atoms with E-state index in [1.54, 1.807) is 18.3 Å². The lowest BCUT2D eigenvalue weighted by atomic mass is 9.95. The Bertz CT molecular complexity index is 1000. The van der Waals surface area contributed by atoms with Crippen molar-refractivity contribution in [3.05, 3.63) is 101 Å². The first-order valence-corrected chi connectivity index (χ1v) is 10.6. The summed E-state index contributed by atoms with van der Waals surface area (Å²) in [7, 11) is 0. The molecule has 160 valence electrons. The first kappa shape index (κ1) is 22.2. The van der Waals surface area contributed by atoms with Crippen LogP contribution in [0.25, 0.3) is 0 Å². The summed E-state index contributed by atoms with van der Waals surface area (Å²) in [4.78, 5) is 28.6. The van der Waals surface area contributed by atoms with Crippen molar-refractivity contribution in [2.45, 2.75) is 39.2 Å². The van der Waals surface area contributed by atoms with Crippen molar-refractivity contribution in [3.63, 3.8) is 0 Å². The molecule has 0 aliphatic carbocycles. The Balaban J connectivity index is 1.80. The van der Waals surface area contributed by atoms with Gasteiger partial charge in [0.25, 0.3) is 5.91 Å². The monoisotopic (exact) mass is 416 g/mol. The van der Waals surface area contributed by atoms with E-state index in [1.807, 2.05) is 50.4 Å². The number of carbonyl (C=O) groups excluding carboxylic acids is 2. The van der Waals surface area contributed by atoms with E-state index in [4.69, 9.17) is 4.74 Å². The Hall–Kier alpha value is -3.47. The SMILES string of the molecule is CCOC(=O)CCc1cc(Cc2cccnc2)cc(C(C)NC(=O)c2ccccc2)c1. The van der Waals surface area contributed by atoms with E-state index in [-0.39, 0.29) is 17.9 Å². The molecule has 1 heterocycles. The Kier molecular flexibility index (Phi) is 7.93. The molecule has 5 nitrogen and oxygen atoms in total. The smallest absolute Gasteiger partial charge is 0.306 e. The average Bonchev–Trinajstić information content (AvgIpc) is 2.79.